The fourth-order valence-electron chi connectivity index (χ4n) is 1.65. The zero-order chi connectivity index (χ0) is 12.8. The minimum atomic E-state index is -0.421. The average molecular weight is 236 g/mol. The molecule has 1 aromatic carbocycles. The lowest BCUT2D eigenvalue weighted by molar-refractivity contribution is 0.267. The highest BCUT2D eigenvalue weighted by Crippen LogP contribution is 2.20. The molecule has 0 bridgehead atoms. The maximum atomic E-state index is 13.0. The molecule has 0 heterocycles. The van der Waals surface area contributed by atoms with Crippen LogP contribution in [0, 0.1) is 23.1 Å². The van der Waals surface area contributed by atoms with Gasteiger partial charge in [0.05, 0.1) is 11.3 Å². The van der Waals surface area contributed by atoms with Crippen LogP contribution in [-0.2, 0) is 0 Å². The van der Waals surface area contributed by atoms with E-state index in [1.165, 1.54) is 12.1 Å². The summed E-state index contributed by atoms with van der Waals surface area (Å²) in [7, 11) is 0. The minimum absolute atomic E-state index is 0.0672. The molecule has 1 rings (SSSR count). The topological polar surface area (TPSA) is 56.0 Å². The maximum absolute atomic E-state index is 13.0. The van der Waals surface area contributed by atoms with Gasteiger partial charge in [0.25, 0.3) is 0 Å². The number of nitriles is 1. The van der Waals surface area contributed by atoms with Gasteiger partial charge in [-0.2, -0.15) is 5.26 Å². The molecule has 0 radical (unpaired) electrons. The van der Waals surface area contributed by atoms with E-state index in [9.17, 15) is 4.39 Å². The third kappa shape index (κ3) is 3.72. The predicted molar refractivity (Wildman–Crippen MR) is 65.1 cm³/mol. The van der Waals surface area contributed by atoms with Crippen LogP contribution in [0.15, 0.2) is 18.2 Å². The van der Waals surface area contributed by atoms with E-state index >= 15 is 0 Å². The zero-order valence-electron chi connectivity index (χ0n) is 10.1. The van der Waals surface area contributed by atoms with Gasteiger partial charge in [-0.1, -0.05) is 13.8 Å². The van der Waals surface area contributed by atoms with Crippen molar-refractivity contribution in [3.8, 4) is 6.07 Å². The summed E-state index contributed by atoms with van der Waals surface area (Å²) in [5.74, 6) is -0.103. The summed E-state index contributed by atoms with van der Waals surface area (Å²) >= 11 is 0. The second-order valence-corrected chi connectivity index (χ2v) is 4.31. The van der Waals surface area contributed by atoms with Crippen molar-refractivity contribution in [2.75, 3.05) is 11.9 Å². The molecule has 0 saturated carbocycles. The highest BCUT2D eigenvalue weighted by molar-refractivity contribution is 5.57. The first-order chi connectivity index (χ1) is 8.08. The van der Waals surface area contributed by atoms with E-state index in [0.29, 0.717) is 18.0 Å². The molecular formula is C13H17FN2O. The summed E-state index contributed by atoms with van der Waals surface area (Å²) in [6, 6.07) is 6.11. The van der Waals surface area contributed by atoms with Gasteiger partial charge in [-0.15, -0.1) is 0 Å². The lowest BCUT2D eigenvalue weighted by Gasteiger charge is -2.23. The summed E-state index contributed by atoms with van der Waals surface area (Å²) in [6.45, 7) is 4.14. The number of halogens is 1. The Hall–Kier alpha value is -1.60. The quantitative estimate of drug-likeness (QED) is 0.826. The first-order valence-electron chi connectivity index (χ1n) is 5.65. The van der Waals surface area contributed by atoms with Crippen LogP contribution in [-0.4, -0.2) is 17.8 Å². The number of aliphatic hydroxyl groups excluding tert-OH is 1. The van der Waals surface area contributed by atoms with Crippen molar-refractivity contribution in [1.82, 2.24) is 0 Å². The van der Waals surface area contributed by atoms with E-state index < -0.39 is 5.82 Å². The number of nitrogens with zero attached hydrogens (tertiary/aromatic N) is 1. The van der Waals surface area contributed by atoms with E-state index in [0.717, 1.165) is 0 Å². The van der Waals surface area contributed by atoms with E-state index in [1.54, 1.807) is 6.07 Å². The number of hydrogen-bond donors (Lipinski definition) is 2. The predicted octanol–water partition coefficient (Wildman–Crippen LogP) is 2.52. The van der Waals surface area contributed by atoms with Crippen LogP contribution in [0.3, 0.4) is 0 Å². The Morgan fingerprint density at radius 2 is 2.18 bits per heavy atom. The molecule has 0 saturated heterocycles. The summed E-state index contributed by atoms with van der Waals surface area (Å²) in [5, 5.41) is 21.1. The molecule has 1 atom stereocenters. The Morgan fingerprint density at radius 1 is 1.47 bits per heavy atom. The van der Waals surface area contributed by atoms with Crippen molar-refractivity contribution in [2.45, 2.75) is 26.3 Å². The second-order valence-electron chi connectivity index (χ2n) is 4.31. The lowest BCUT2D eigenvalue weighted by atomic mass is 10.0. The normalized spacial score (nSPS) is 12.2. The number of nitrogens with one attached hydrogen (secondary N) is 1. The molecule has 0 aromatic heterocycles. The van der Waals surface area contributed by atoms with E-state index in [4.69, 9.17) is 10.4 Å². The first-order valence-corrected chi connectivity index (χ1v) is 5.65. The van der Waals surface area contributed by atoms with Crippen molar-refractivity contribution in [3.63, 3.8) is 0 Å². The van der Waals surface area contributed by atoms with Crippen LogP contribution >= 0.6 is 0 Å². The fraction of sp³-hybridized carbons (Fsp3) is 0.462. The maximum Gasteiger partial charge on any atom is 0.124 e. The highest BCUT2D eigenvalue weighted by Gasteiger charge is 2.14. The fourth-order valence-corrected chi connectivity index (χ4v) is 1.65. The molecule has 92 valence electrons. The third-order valence-corrected chi connectivity index (χ3v) is 2.69. The largest absolute Gasteiger partial charge is 0.396 e. The van der Waals surface area contributed by atoms with Gasteiger partial charge in [-0.05, 0) is 30.5 Å². The summed E-state index contributed by atoms with van der Waals surface area (Å²) in [4.78, 5) is 0. The van der Waals surface area contributed by atoms with Crippen molar-refractivity contribution in [2.24, 2.45) is 5.92 Å². The van der Waals surface area contributed by atoms with Gasteiger partial charge in [-0.25, -0.2) is 4.39 Å². The molecular weight excluding hydrogens is 219 g/mol. The van der Waals surface area contributed by atoms with Crippen molar-refractivity contribution in [1.29, 1.82) is 5.26 Å². The van der Waals surface area contributed by atoms with Crippen molar-refractivity contribution >= 4 is 5.69 Å². The van der Waals surface area contributed by atoms with Gasteiger partial charge < -0.3 is 10.4 Å². The van der Waals surface area contributed by atoms with E-state index in [1.807, 2.05) is 19.9 Å². The zero-order valence-corrected chi connectivity index (χ0v) is 10.1. The van der Waals surface area contributed by atoms with Gasteiger partial charge in [0, 0.05) is 12.6 Å². The van der Waals surface area contributed by atoms with Gasteiger partial charge >= 0.3 is 0 Å². The van der Waals surface area contributed by atoms with Gasteiger partial charge in [0.1, 0.15) is 11.9 Å². The van der Waals surface area contributed by atoms with E-state index in [-0.39, 0.29) is 18.2 Å². The smallest absolute Gasteiger partial charge is 0.124 e. The van der Waals surface area contributed by atoms with Gasteiger partial charge in [-0.3, -0.25) is 0 Å². The molecule has 0 spiro atoms. The summed E-state index contributed by atoms with van der Waals surface area (Å²) < 4.78 is 13.0. The Balaban J connectivity index is 2.89. The molecule has 4 heteroatoms. The number of aliphatic hydroxyl groups is 1. The monoisotopic (exact) mass is 236 g/mol. The van der Waals surface area contributed by atoms with Crippen LogP contribution in [0.1, 0.15) is 25.8 Å². The van der Waals surface area contributed by atoms with Crippen LogP contribution in [0.5, 0.6) is 0 Å². The Kier molecular flexibility index (Phi) is 4.92. The molecule has 1 aromatic rings. The van der Waals surface area contributed by atoms with Crippen LogP contribution in [0.4, 0.5) is 10.1 Å². The SMILES string of the molecule is CC(C)C(CCO)Nc1ccc(F)cc1C#N. The Bertz CT molecular complexity index is 412. The molecule has 17 heavy (non-hydrogen) atoms. The third-order valence-electron chi connectivity index (χ3n) is 2.69. The minimum Gasteiger partial charge on any atom is -0.396 e. The van der Waals surface area contributed by atoms with Crippen LogP contribution in [0.25, 0.3) is 0 Å². The average Bonchev–Trinajstić information content (AvgIpc) is 2.30. The van der Waals surface area contributed by atoms with Crippen molar-refractivity contribution < 1.29 is 9.50 Å². The molecule has 0 fully saturated rings. The second kappa shape index (κ2) is 6.21. The van der Waals surface area contributed by atoms with Crippen LogP contribution in [0.2, 0.25) is 0 Å². The highest BCUT2D eigenvalue weighted by atomic mass is 19.1. The molecule has 0 aliphatic heterocycles. The van der Waals surface area contributed by atoms with E-state index in [2.05, 4.69) is 5.32 Å². The standard InChI is InChI=1S/C13H17FN2O/c1-9(2)12(5-6-17)16-13-4-3-11(14)7-10(13)8-15/h3-4,7,9,12,16-17H,5-6H2,1-2H3. The van der Waals surface area contributed by atoms with Gasteiger partial charge in [0.15, 0.2) is 0 Å². The summed E-state index contributed by atoms with van der Waals surface area (Å²) in [6.07, 6.45) is 0.597. The van der Waals surface area contributed by atoms with Gasteiger partial charge in [0.2, 0.25) is 0 Å². The Morgan fingerprint density at radius 3 is 2.71 bits per heavy atom. The Labute approximate surface area is 101 Å². The number of hydrogen-bond acceptors (Lipinski definition) is 3. The molecule has 3 nitrogen and oxygen atoms in total. The number of benzene rings is 1. The lowest BCUT2D eigenvalue weighted by Crippen LogP contribution is -2.27. The van der Waals surface area contributed by atoms with Crippen LogP contribution < -0.4 is 5.32 Å². The molecule has 0 aliphatic carbocycles. The number of rotatable bonds is 5. The molecule has 0 amide bonds. The number of anilines is 1. The van der Waals surface area contributed by atoms with Crippen molar-refractivity contribution in [3.05, 3.63) is 29.6 Å². The molecule has 2 N–H and O–H groups in total. The summed E-state index contributed by atoms with van der Waals surface area (Å²) in [5.41, 5.74) is 0.898. The molecule has 0 aliphatic rings. The molecule has 1 unspecified atom stereocenters. The first kappa shape index (κ1) is 13.5.